The van der Waals surface area contributed by atoms with Gasteiger partial charge in [-0.2, -0.15) is 13.2 Å². The number of aryl methyl sites for hydroxylation is 1. The molecule has 0 bridgehead atoms. The number of nitrogens with one attached hydrogen (secondary N) is 1. The van der Waals surface area contributed by atoms with Crippen molar-refractivity contribution in [2.24, 2.45) is 0 Å². The third kappa shape index (κ3) is 3.90. The Morgan fingerprint density at radius 1 is 1.11 bits per heavy atom. The summed E-state index contributed by atoms with van der Waals surface area (Å²) in [5.74, 6) is -0.521. The predicted molar refractivity (Wildman–Crippen MR) is 99.6 cm³/mol. The van der Waals surface area contributed by atoms with Gasteiger partial charge in [0.15, 0.2) is 5.60 Å². The molecule has 0 amide bonds. The number of benzene rings is 1. The largest absolute Gasteiger partial charge is 0.417 e. The second kappa shape index (κ2) is 6.88. The van der Waals surface area contributed by atoms with Gasteiger partial charge in [-0.25, -0.2) is 4.39 Å². The first kappa shape index (κ1) is 20.3. The highest BCUT2D eigenvalue weighted by Crippen LogP contribution is 2.43. The average Bonchev–Trinajstić information content (AvgIpc) is 2.97. The van der Waals surface area contributed by atoms with Crippen LogP contribution in [0.25, 0.3) is 10.9 Å². The first-order valence-corrected chi connectivity index (χ1v) is 8.89. The minimum absolute atomic E-state index is 0.259. The zero-order valence-corrected chi connectivity index (χ0v) is 15.9. The quantitative estimate of drug-likeness (QED) is 0.584. The van der Waals surface area contributed by atoms with Gasteiger partial charge in [-0.1, -0.05) is 19.9 Å². The van der Waals surface area contributed by atoms with Crippen LogP contribution in [0.2, 0.25) is 0 Å². The van der Waals surface area contributed by atoms with Crippen LogP contribution < -0.4 is 0 Å². The molecule has 150 valence electrons. The molecule has 0 saturated carbocycles. The van der Waals surface area contributed by atoms with E-state index in [2.05, 4.69) is 9.97 Å². The molecule has 1 atom stereocenters. The molecule has 1 unspecified atom stereocenters. The van der Waals surface area contributed by atoms with Crippen molar-refractivity contribution in [3.63, 3.8) is 0 Å². The van der Waals surface area contributed by atoms with E-state index in [1.807, 2.05) is 0 Å². The number of hydrogen-bond acceptors (Lipinski definition) is 2. The second-order valence-corrected chi connectivity index (χ2v) is 7.98. The highest BCUT2D eigenvalue weighted by Gasteiger charge is 2.56. The maximum atomic E-state index is 13.9. The zero-order chi connectivity index (χ0) is 20.7. The van der Waals surface area contributed by atoms with Crippen molar-refractivity contribution in [1.29, 1.82) is 0 Å². The van der Waals surface area contributed by atoms with Gasteiger partial charge in [-0.3, -0.25) is 4.98 Å². The fraction of sp³-hybridized carbons (Fsp3) is 0.381. The van der Waals surface area contributed by atoms with E-state index in [9.17, 15) is 22.7 Å². The molecule has 2 heterocycles. The minimum atomic E-state index is -4.86. The van der Waals surface area contributed by atoms with Gasteiger partial charge in [0.05, 0.1) is 0 Å². The molecular weight excluding hydrogens is 372 g/mol. The number of aromatic amines is 1. The third-order valence-electron chi connectivity index (χ3n) is 5.15. The molecule has 3 rings (SSSR count). The smallest absolute Gasteiger partial charge is 0.380 e. The van der Waals surface area contributed by atoms with E-state index in [4.69, 9.17) is 0 Å². The van der Waals surface area contributed by atoms with Gasteiger partial charge in [0.2, 0.25) is 0 Å². The maximum Gasteiger partial charge on any atom is 0.417 e. The molecule has 0 aliphatic rings. The van der Waals surface area contributed by atoms with Crippen molar-refractivity contribution in [2.75, 3.05) is 0 Å². The number of H-pyrrole nitrogens is 1. The topological polar surface area (TPSA) is 48.9 Å². The molecule has 0 aliphatic carbocycles. The number of halogens is 4. The number of fused-ring (bicyclic) bond motifs is 1. The van der Waals surface area contributed by atoms with Crippen molar-refractivity contribution in [2.45, 2.75) is 50.8 Å². The first-order chi connectivity index (χ1) is 12.9. The van der Waals surface area contributed by atoms with Gasteiger partial charge in [0.25, 0.3) is 0 Å². The van der Waals surface area contributed by atoms with Crippen LogP contribution in [0.5, 0.6) is 0 Å². The lowest BCUT2D eigenvalue weighted by Gasteiger charge is -2.38. The van der Waals surface area contributed by atoms with Gasteiger partial charge in [0.1, 0.15) is 5.82 Å². The number of aliphatic hydroxyl groups is 1. The van der Waals surface area contributed by atoms with E-state index < -0.39 is 35.9 Å². The number of aromatic nitrogens is 2. The second-order valence-electron chi connectivity index (χ2n) is 7.98. The lowest BCUT2D eigenvalue weighted by atomic mass is 9.72. The summed E-state index contributed by atoms with van der Waals surface area (Å²) < 4.78 is 55.5. The number of hydrogen-bond donors (Lipinski definition) is 2. The molecule has 0 spiro atoms. The minimum Gasteiger partial charge on any atom is -0.380 e. The van der Waals surface area contributed by atoms with Gasteiger partial charge < -0.3 is 10.1 Å². The summed E-state index contributed by atoms with van der Waals surface area (Å²) in [6, 6.07) is 7.25. The van der Waals surface area contributed by atoms with Gasteiger partial charge >= 0.3 is 6.18 Å². The van der Waals surface area contributed by atoms with Gasteiger partial charge in [0, 0.05) is 35.4 Å². The molecule has 0 fully saturated rings. The number of nitrogens with zero attached hydrogens (tertiary/aromatic N) is 1. The van der Waals surface area contributed by atoms with Crippen LogP contribution >= 0.6 is 0 Å². The van der Waals surface area contributed by atoms with Gasteiger partial charge in [-0.05, 0) is 54.2 Å². The van der Waals surface area contributed by atoms with E-state index in [1.54, 1.807) is 39.1 Å². The SMILES string of the molecule is Cc1ccc(F)cc1C(C)(C)CC(O)(Cc1cc2cnccc2[nH]1)C(F)(F)F. The van der Waals surface area contributed by atoms with Crippen LogP contribution in [0.4, 0.5) is 17.6 Å². The average molecular weight is 394 g/mol. The highest BCUT2D eigenvalue weighted by molar-refractivity contribution is 5.79. The van der Waals surface area contributed by atoms with Crippen molar-refractivity contribution >= 4 is 10.9 Å². The van der Waals surface area contributed by atoms with Crippen molar-refractivity contribution in [3.05, 3.63) is 65.4 Å². The standard InChI is InChI=1S/C21H22F4N2O/c1-13-4-5-15(22)9-17(13)19(2,3)12-20(28,21(23,24)25)10-16-8-14-11-26-7-6-18(14)27-16/h4-9,11,27-28H,10,12H2,1-3H3. The number of rotatable bonds is 5. The van der Waals surface area contributed by atoms with E-state index in [0.29, 0.717) is 22.0 Å². The van der Waals surface area contributed by atoms with E-state index in [0.717, 1.165) is 0 Å². The zero-order valence-electron chi connectivity index (χ0n) is 15.9. The Labute approximate surface area is 160 Å². The Hall–Kier alpha value is -2.41. The van der Waals surface area contributed by atoms with Crippen molar-refractivity contribution in [3.8, 4) is 0 Å². The van der Waals surface area contributed by atoms with E-state index in [-0.39, 0.29) is 5.69 Å². The molecule has 0 saturated heterocycles. The monoisotopic (exact) mass is 394 g/mol. The van der Waals surface area contributed by atoms with Crippen LogP contribution in [0.15, 0.2) is 42.7 Å². The van der Waals surface area contributed by atoms with Crippen LogP contribution in [-0.2, 0) is 11.8 Å². The van der Waals surface area contributed by atoms with Crippen LogP contribution in [0.3, 0.4) is 0 Å². The Bertz CT molecular complexity index is 960. The number of alkyl halides is 3. The summed E-state index contributed by atoms with van der Waals surface area (Å²) in [5.41, 5.74) is -2.07. The van der Waals surface area contributed by atoms with Crippen molar-refractivity contribution < 1.29 is 22.7 Å². The van der Waals surface area contributed by atoms with E-state index in [1.165, 1.54) is 24.4 Å². The summed E-state index contributed by atoms with van der Waals surface area (Å²) in [6.07, 6.45) is -3.03. The maximum absolute atomic E-state index is 13.9. The molecule has 2 aromatic heterocycles. The molecule has 3 nitrogen and oxygen atoms in total. The molecule has 28 heavy (non-hydrogen) atoms. The molecular formula is C21H22F4N2O. The summed E-state index contributed by atoms with van der Waals surface area (Å²) >= 11 is 0. The molecule has 3 aromatic rings. The lowest BCUT2D eigenvalue weighted by Crippen LogP contribution is -2.51. The number of pyridine rings is 1. The summed E-state index contributed by atoms with van der Waals surface area (Å²) in [4.78, 5) is 6.86. The molecule has 2 N–H and O–H groups in total. The van der Waals surface area contributed by atoms with E-state index >= 15 is 0 Å². The Morgan fingerprint density at radius 2 is 1.82 bits per heavy atom. The lowest BCUT2D eigenvalue weighted by molar-refractivity contribution is -0.266. The molecule has 7 heteroatoms. The summed E-state index contributed by atoms with van der Waals surface area (Å²) in [5, 5.41) is 11.4. The highest BCUT2D eigenvalue weighted by atomic mass is 19.4. The van der Waals surface area contributed by atoms with Crippen LogP contribution in [-0.4, -0.2) is 26.9 Å². The van der Waals surface area contributed by atoms with Gasteiger partial charge in [-0.15, -0.1) is 0 Å². The summed E-state index contributed by atoms with van der Waals surface area (Å²) in [7, 11) is 0. The summed E-state index contributed by atoms with van der Waals surface area (Å²) in [6.45, 7) is 4.88. The predicted octanol–water partition coefficient (Wildman–Crippen LogP) is 5.21. The molecule has 0 aliphatic heterocycles. The fourth-order valence-electron chi connectivity index (χ4n) is 3.86. The van der Waals surface area contributed by atoms with Crippen LogP contribution in [0.1, 0.15) is 37.1 Å². The third-order valence-corrected chi connectivity index (χ3v) is 5.15. The molecule has 0 radical (unpaired) electrons. The van der Waals surface area contributed by atoms with Crippen molar-refractivity contribution in [1.82, 2.24) is 9.97 Å². The normalized spacial score (nSPS) is 15.0. The van der Waals surface area contributed by atoms with Crippen LogP contribution in [0, 0.1) is 12.7 Å². The fourth-order valence-corrected chi connectivity index (χ4v) is 3.86. The Balaban J connectivity index is 1.98. The Kier molecular flexibility index (Phi) is 5.00. The Morgan fingerprint density at radius 3 is 2.46 bits per heavy atom. The molecule has 1 aromatic carbocycles. The first-order valence-electron chi connectivity index (χ1n) is 8.89.